The zero-order valence-corrected chi connectivity index (χ0v) is 26.1. The molecule has 3 aliphatic rings. The highest BCUT2D eigenvalue weighted by atomic mass is 16.7. The predicted molar refractivity (Wildman–Crippen MR) is 166 cm³/mol. The minimum absolute atomic E-state index is 0.122. The second kappa shape index (κ2) is 13.2. The first kappa shape index (κ1) is 30.8. The quantitative estimate of drug-likeness (QED) is 0.193. The summed E-state index contributed by atoms with van der Waals surface area (Å²) < 4.78 is 12.8. The molecule has 40 heavy (non-hydrogen) atoms. The molecule has 0 amide bonds. The number of rotatable bonds is 12. The first-order valence-electron chi connectivity index (χ1n) is 16.0. The van der Waals surface area contributed by atoms with Crippen molar-refractivity contribution in [3.05, 3.63) is 71.3 Å². The standard InChI is InChI=1S/C37H54O3/c1-8-11-33-30(10-3)16-17-36(33,7)25-34(40-35(38)32-14-12-31(13-15-32)28(6)9-2)39-19-18-37-22-26(4)20-29(24-37)21-27(5)23-37/h8,10-15,26-29,34H,3,9,16-25H2,1-2,4-7H3/b11-8-. The Labute approximate surface area is 244 Å². The van der Waals surface area contributed by atoms with Gasteiger partial charge in [-0.1, -0.05) is 71.6 Å². The maximum atomic E-state index is 13.4. The van der Waals surface area contributed by atoms with E-state index in [1.807, 2.05) is 18.2 Å². The van der Waals surface area contributed by atoms with Gasteiger partial charge in [-0.25, -0.2) is 4.79 Å². The van der Waals surface area contributed by atoms with E-state index in [1.165, 1.54) is 48.8 Å². The highest BCUT2D eigenvalue weighted by Crippen LogP contribution is 2.54. The molecule has 0 aromatic heterocycles. The second-order valence-electron chi connectivity index (χ2n) is 14.0. The lowest BCUT2D eigenvalue weighted by molar-refractivity contribution is -0.135. The van der Waals surface area contributed by atoms with Gasteiger partial charge in [0, 0.05) is 6.42 Å². The minimum atomic E-state index is -0.578. The maximum absolute atomic E-state index is 13.4. The van der Waals surface area contributed by atoms with E-state index in [1.54, 1.807) is 0 Å². The van der Waals surface area contributed by atoms with Crippen LogP contribution in [-0.4, -0.2) is 18.9 Å². The third kappa shape index (κ3) is 7.19. The van der Waals surface area contributed by atoms with Gasteiger partial charge in [0.25, 0.3) is 0 Å². The molecule has 0 radical (unpaired) electrons. The van der Waals surface area contributed by atoms with Crippen LogP contribution in [0.1, 0.15) is 128 Å². The van der Waals surface area contributed by atoms with Crippen LogP contribution in [0.2, 0.25) is 0 Å². The summed E-state index contributed by atoms with van der Waals surface area (Å²) in [6, 6.07) is 7.94. The lowest BCUT2D eigenvalue weighted by Crippen LogP contribution is -2.40. The van der Waals surface area contributed by atoms with E-state index in [4.69, 9.17) is 9.47 Å². The van der Waals surface area contributed by atoms with Crippen LogP contribution in [0.3, 0.4) is 0 Å². The Balaban J connectivity index is 1.50. The van der Waals surface area contributed by atoms with Crippen LogP contribution in [-0.2, 0) is 9.47 Å². The molecule has 0 spiro atoms. The van der Waals surface area contributed by atoms with Gasteiger partial charge in [0.1, 0.15) is 0 Å². The highest BCUT2D eigenvalue weighted by molar-refractivity contribution is 5.89. The van der Waals surface area contributed by atoms with Crippen LogP contribution in [0, 0.1) is 28.6 Å². The Morgan fingerprint density at radius 2 is 1.80 bits per heavy atom. The number of hydrogen-bond acceptors (Lipinski definition) is 3. The summed E-state index contributed by atoms with van der Waals surface area (Å²) in [4.78, 5) is 13.4. The molecule has 220 valence electrons. The summed E-state index contributed by atoms with van der Waals surface area (Å²) in [5.41, 5.74) is 4.70. The molecule has 0 N–H and O–H groups in total. The number of carbonyl (C=O) groups is 1. The van der Waals surface area contributed by atoms with Gasteiger partial charge in [0.2, 0.25) is 6.29 Å². The van der Waals surface area contributed by atoms with E-state index in [0.717, 1.165) is 43.4 Å². The molecule has 0 heterocycles. The summed E-state index contributed by atoms with van der Waals surface area (Å²) in [7, 11) is 0. The van der Waals surface area contributed by atoms with Crippen molar-refractivity contribution < 1.29 is 14.3 Å². The molecule has 3 nitrogen and oxygen atoms in total. The summed E-state index contributed by atoms with van der Waals surface area (Å²) in [6.45, 7) is 18.3. The fourth-order valence-corrected chi connectivity index (χ4v) is 8.46. The number of ether oxygens (including phenoxy) is 2. The monoisotopic (exact) mass is 546 g/mol. The van der Waals surface area contributed by atoms with Crippen LogP contribution in [0.15, 0.2) is 60.2 Å². The summed E-state index contributed by atoms with van der Waals surface area (Å²) in [5, 5.41) is 0. The molecular weight excluding hydrogens is 492 g/mol. The van der Waals surface area contributed by atoms with Gasteiger partial charge in [0.15, 0.2) is 0 Å². The number of allylic oxidation sites excluding steroid dienone is 5. The molecule has 0 aliphatic heterocycles. The molecule has 2 bridgehead atoms. The van der Waals surface area contributed by atoms with Gasteiger partial charge in [0.05, 0.1) is 12.2 Å². The van der Waals surface area contributed by atoms with E-state index in [0.29, 0.717) is 29.9 Å². The van der Waals surface area contributed by atoms with E-state index in [2.05, 4.69) is 72.4 Å². The Bertz CT molecular complexity index is 1060. The van der Waals surface area contributed by atoms with Gasteiger partial charge >= 0.3 is 5.97 Å². The van der Waals surface area contributed by atoms with Crippen molar-refractivity contribution in [2.24, 2.45) is 28.6 Å². The maximum Gasteiger partial charge on any atom is 0.340 e. The summed E-state index contributed by atoms with van der Waals surface area (Å²) in [6.07, 6.45) is 17.2. The average molecular weight is 547 g/mol. The molecule has 5 atom stereocenters. The normalized spacial score (nSPS) is 31.8. The van der Waals surface area contributed by atoms with Crippen molar-refractivity contribution in [1.29, 1.82) is 0 Å². The molecule has 4 rings (SSSR count). The molecule has 3 aliphatic carbocycles. The fourth-order valence-electron chi connectivity index (χ4n) is 8.46. The van der Waals surface area contributed by atoms with Gasteiger partial charge < -0.3 is 9.47 Å². The molecule has 3 heteroatoms. The van der Waals surface area contributed by atoms with Crippen LogP contribution in [0.4, 0.5) is 0 Å². The van der Waals surface area contributed by atoms with Gasteiger partial charge in [-0.2, -0.15) is 0 Å². The van der Waals surface area contributed by atoms with E-state index >= 15 is 0 Å². The number of esters is 1. The van der Waals surface area contributed by atoms with Crippen molar-refractivity contribution in [3.63, 3.8) is 0 Å². The van der Waals surface area contributed by atoms with Crippen LogP contribution < -0.4 is 0 Å². The van der Waals surface area contributed by atoms with Crippen molar-refractivity contribution in [2.45, 2.75) is 118 Å². The number of benzene rings is 1. The Morgan fingerprint density at radius 1 is 1.12 bits per heavy atom. The lowest BCUT2D eigenvalue weighted by Gasteiger charge is -2.50. The number of carbonyl (C=O) groups excluding carboxylic acids is 1. The largest absolute Gasteiger partial charge is 0.432 e. The number of fused-ring (bicyclic) bond motifs is 2. The van der Waals surface area contributed by atoms with Crippen LogP contribution in [0.25, 0.3) is 0 Å². The topological polar surface area (TPSA) is 35.5 Å². The van der Waals surface area contributed by atoms with Gasteiger partial charge in [-0.05, 0) is 128 Å². The van der Waals surface area contributed by atoms with Gasteiger partial charge in [-0.3, -0.25) is 0 Å². The summed E-state index contributed by atoms with van der Waals surface area (Å²) in [5.74, 6) is 2.63. The average Bonchev–Trinajstić information content (AvgIpc) is 3.22. The third-order valence-corrected chi connectivity index (χ3v) is 10.4. The minimum Gasteiger partial charge on any atom is -0.432 e. The fraction of sp³-hybridized carbons (Fsp3) is 0.649. The zero-order valence-electron chi connectivity index (χ0n) is 26.1. The first-order valence-corrected chi connectivity index (χ1v) is 16.0. The Morgan fingerprint density at radius 3 is 2.40 bits per heavy atom. The van der Waals surface area contributed by atoms with E-state index in [9.17, 15) is 4.79 Å². The smallest absolute Gasteiger partial charge is 0.340 e. The summed E-state index contributed by atoms with van der Waals surface area (Å²) >= 11 is 0. The first-order chi connectivity index (χ1) is 19.1. The highest BCUT2D eigenvalue weighted by Gasteiger charge is 2.44. The van der Waals surface area contributed by atoms with Crippen molar-refractivity contribution >= 4 is 5.97 Å². The molecule has 1 aromatic carbocycles. The Hall–Kier alpha value is -2.13. The molecule has 5 unspecified atom stereocenters. The van der Waals surface area contributed by atoms with Crippen LogP contribution >= 0.6 is 0 Å². The van der Waals surface area contributed by atoms with Gasteiger partial charge in [-0.15, -0.1) is 0 Å². The van der Waals surface area contributed by atoms with E-state index in [-0.39, 0.29) is 11.4 Å². The SMILES string of the molecule is C=CC1=C(/C=C\C)C(C)(CC(OCCC23CC(C)CC(CC(C)C2)C3)OC(=O)c2ccc(C(C)CC)cc2)CC1. The van der Waals surface area contributed by atoms with Crippen molar-refractivity contribution in [2.75, 3.05) is 6.61 Å². The zero-order chi connectivity index (χ0) is 28.9. The molecule has 2 fully saturated rings. The predicted octanol–water partition coefficient (Wildman–Crippen LogP) is 10.2. The number of hydrogen-bond donors (Lipinski definition) is 0. The lowest BCUT2D eigenvalue weighted by atomic mass is 9.56. The molecule has 1 aromatic rings. The third-order valence-electron chi connectivity index (χ3n) is 10.4. The van der Waals surface area contributed by atoms with Crippen LogP contribution in [0.5, 0.6) is 0 Å². The Kier molecular flexibility index (Phi) is 10.2. The molecule has 2 saturated carbocycles. The van der Waals surface area contributed by atoms with Crippen molar-refractivity contribution in [1.82, 2.24) is 0 Å². The molecular formula is C37H54O3. The molecule has 0 saturated heterocycles. The second-order valence-corrected chi connectivity index (χ2v) is 14.0. The van der Waals surface area contributed by atoms with E-state index < -0.39 is 6.29 Å². The van der Waals surface area contributed by atoms with Crippen molar-refractivity contribution in [3.8, 4) is 0 Å².